The van der Waals surface area contributed by atoms with Crippen LogP contribution < -0.4 is 10.1 Å². The first-order valence-electron chi connectivity index (χ1n) is 6.14. The van der Waals surface area contributed by atoms with Crippen LogP contribution in [0.2, 0.25) is 0 Å². The minimum atomic E-state index is -0.806. The SMILES string of the molecule is CCC(CNc1cc(OC)ccc1C#N)CC(=O)O. The van der Waals surface area contributed by atoms with Gasteiger partial charge in [-0.15, -0.1) is 0 Å². The Balaban J connectivity index is 2.75. The molecule has 5 heteroatoms. The molecule has 1 atom stereocenters. The smallest absolute Gasteiger partial charge is 0.303 e. The number of anilines is 1. The maximum Gasteiger partial charge on any atom is 0.303 e. The first-order valence-corrected chi connectivity index (χ1v) is 6.14. The van der Waals surface area contributed by atoms with Gasteiger partial charge in [-0.05, 0) is 18.1 Å². The van der Waals surface area contributed by atoms with Crippen LogP contribution in [0.4, 0.5) is 5.69 Å². The number of ether oxygens (including phenoxy) is 1. The molecule has 0 aliphatic heterocycles. The van der Waals surface area contributed by atoms with Gasteiger partial charge in [-0.3, -0.25) is 4.79 Å². The molecule has 0 amide bonds. The number of methoxy groups -OCH3 is 1. The quantitative estimate of drug-likeness (QED) is 0.788. The number of aliphatic carboxylic acids is 1. The third-order valence-corrected chi connectivity index (χ3v) is 2.97. The Morgan fingerprint density at radius 1 is 1.58 bits per heavy atom. The van der Waals surface area contributed by atoms with Crippen molar-refractivity contribution in [1.29, 1.82) is 5.26 Å². The first kappa shape index (κ1) is 14.8. The van der Waals surface area contributed by atoms with Crippen molar-refractivity contribution in [3.8, 4) is 11.8 Å². The van der Waals surface area contributed by atoms with Gasteiger partial charge >= 0.3 is 5.97 Å². The molecule has 0 aromatic heterocycles. The summed E-state index contributed by atoms with van der Waals surface area (Å²) in [4.78, 5) is 10.7. The molecule has 0 radical (unpaired) electrons. The summed E-state index contributed by atoms with van der Waals surface area (Å²) in [6.45, 7) is 2.47. The van der Waals surface area contributed by atoms with E-state index in [2.05, 4.69) is 11.4 Å². The van der Waals surface area contributed by atoms with E-state index in [9.17, 15) is 4.79 Å². The third kappa shape index (κ3) is 4.51. The van der Waals surface area contributed by atoms with Crippen molar-refractivity contribution >= 4 is 11.7 Å². The minimum Gasteiger partial charge on any atom is -0.497 e. The van der Waals surface area contributed by atoms with E-state index in [1.165, 1.54) is 0 Å². The van der Waals surface area contributed by atoms with Gasteiger partial charge in [0.25, 0.3) is 0 Å². The largest absolute Gasteiger partial charge is 0.497 e. The molecule has 0 bridgehead atoms. The highest BCUT2D eigenvalue weighted by atomic mass is 16.5. The number of nitrogens with one attached hydrogen (secondary N) is 1. The summed E-state index contributed by atoms with van der Waals surface area (Å²) in [5.74, 6) is -0.108. The zero-order valence-electron chi connectivity index (χ0n) is 11.1. The molecule has 5 nitrogen and oxygen atoms in total. The van der Waals surface area contributed by atoms with Crippen LogP contribution in [-0.4, -0.2) is 24.7 Å². The van der Waals surface area contributed by atoms with Crippen LogP contribution in [0.3, 0.4) is 0 Å². The average Bonchev–Trinajstić information content (AvgIpc) is 2.42. The fourth-order valence-corrected chi connectivity index (χ4v) is 1.76. The molecule has 0 saturated heterocycles. The van der Waals surface area contributed by atoms with Crippen molar-refractivity contribution in [2.45, 2.75) is 19.8 Å². The first-order chi connectivity index (χ1) is 9.10. The number of nitriles is 1. The molecule has 0 heterocycles. The van der Waals surface area contributed by atoms with Crippen LogP contribution in [0, 0.1) is 17.2 Å². The van der Waals surface area contributed by atoms with E-state index in [0.717, 1.165) is 6.42 Å². The van der Waals surface area contributed by atoms with Crippen LogP contribution >= 0.6 is 0 Å². The Kier molecular flexibility index (Phi) is 5.68. The summed E-state index contributed by atoms with van der Waals surface area (Å²) in [6.07, 6.45) is 0.889. The number of benzene rings is 1. The summed E-state index contributed by atoms with van der Waals surface area (Å²) >= 11 is 0. The number of nitrogens with zero attached hydrogens (tertiary/aromatic N) is 1. The summed E-state index contributed by atoms with van der Waals surface area (Å²) in [7, 11) is 1.56. The van der Waals surface area contributed by atoms with E-state index >= 15 is 0 Å². The average molecular weight is 262 g/mol. The topological polar surface area (TPSA) is 82.3 Å². The summed E-state index contributed by atoms with van der Waals surface area (Å²) in [5.41, 5.74) is 1.19. The zero-order valence-corrected chi connectivity index (χ0v) is 11.1. The van der Waals surface area contributed by atoms with E-state index in [-0.39, 0.29) is 12.3 Å². The summed E-state index contributed by atoms with van der Waals surface area (Å²) in [5, 5.41) is 20.9. The number of hydrogen-bond donors (Lipinski definition) is 2. The van der Waals surface area contributed by atoms with Crippen molar-refractivity contribution in [3.63, 3.8) is 0 Å². The third-order valence-electron chi connectivity index (χ3n) is 2.97. The highest BCUT2D eigenvalue weighted by Gasteiger charge is 2.12. The lowest BCUT2D eigenvalue weighted by Gasteiger charge is -2.15. The molecule has 0 aliphatic rings. The standard InChI is InChI=1S/C14H18N2O3/c1-3-10(6-14(17)18)9-16-13-7-12(19-2)5-4-11(13)8-15/h4-5,7,10,16H,3,6,9H2,1-2H3,(H,17,18). The second kappa shape index (κ2) is 7.27. The number of carbonyl (C=O) groups is 1. The Labute approximate surface area is 112 Å². The van der Waals surface area contributed by atoms with Gasteiger partial charge in [0.05, 0.1) is 18.4 Å². The molecule has 2 N–H and O–H groups in total. The van der Waals surface area contributed by atoms with Crippen LogP contribution in [-0.2, 0) is 4.79 Å². The van der Waals surface area contributed by atoms with E-state index < -0.39 is 5.97 Å². The molecule has 102 valence electrons. The molecular weight excluding hydrogens is 244 g/mol. The van der Waals surface area contributed by atoms with Crippen molar-refractivity contribution in [3.05, 3.63) is 23.8 Å². The molecule has 0 spiro atoms. The van der Waals surface area contributed by atoms with Gasteiger partial charge in [0, 0.05) is 19.0 Å². The van der Waals surface area contributed by atoms with Crippen LogP contribution in [0.1, 0.15) is 25.3 Å². The maximum absolute atomic E-state index is 10.7. The number of carboxylic acid groups (broad SMARTS) is 1. The Bertz CT molecular complexity index is 480. The Hall–Kier alpha value is -2.22. The van der Waals surface area contributed by atoms with Crippen molar-refractivity contribution in [2.24, 2.45) is 5.92 Å². The van der Waals surface area contributed by atoms with Gasteiger partial charge in [0.2, 0.25) is 0 Å². The highest BCUT2D eigenvalue weighted by molar-refractivity contribution is 5.67. The normalized spacial score (nSPS) is 11.4. The molecule has 0 aliphatic carbocycles. The lowest BCUT2D eigenvalue weighted by molar-refractivity contribution is -0.138. The highest BCUT2D eigenvalue weighted by Crippen LogP contribution is 2.22. The minimum absolute atomic E-state index is 0.0373. The molecule has 1 unspecified atom stereocenters. The van der Waals surface area contributed by atoms with E-state index in [1.54, 1.807) is 25.3 Å². The maximum atomic E-state index is 10.7. The fraction of sp³-hybridized carbons (Fsp3) is 0.429. The number of carboxylic acids is 1. The van der Waals surface area contributed by atoms with Gasteiger partial charge in [-0.1, -0.05) is 13.3 Å². The molecular formula is C14H18N2O3. The molecule has 0 fully saturated rings. The van der Waals surface area contributed by atoms with Crippen molar-refractivity contribution in [2.75, 3.05) is 19.0 Å². The Morgan fingerprint density at radius 3 is 2.84 bits per heavy atom. The Morgan fingerprint density at radius 2 is 2.32 bits per heavy atom. The van der Waals surface area contributed by atoms with E-state index in [4.69, 9.17) is 15.1 Å². The van der Waals surface area contributed by atoms with Crippen molar-refractivity contribution < 1.29 is 14.6 Å². The summed E-state index contributed by atoms with van der Waals surface area (Å²) in [6, 6.07) is 7.24. The molecule has 1 aromatic rings. The molecule has 1 rings (SSSR count). The predicted molar refractivity (Wildman–Crippen MR) is 72.2 cm³/mol. The zero-order chi connectivity index (χ0) is 14.3. The number of hydrogen-bond acceptors (Lipinski definition) is 4. The van der Waals surface area contributed by atoms with Crippen LogP contribution in [0.5, 0.6) is 5.75 Å². The van der Waals surface area contributed by atoms with Crippen molar-refractivity contribution in [1.82, 2.24) is 0 Å². The monoisotopic (exact) mass is 262 g/mol. The van der Waals surface area contributed by atoms with E-state index in [0.29, 0.717) is 23.5 Å². The second-order valence-corrected chi connectivity index (χ2v) is 4.28. The lowest BCUT2D eigenvalue weighted by Crippen LogP contribution is -2.17. The predicted octanol–water partition coefficient (Wildman–Crippen LogP) is 2.48. The molecule has 19 heavy (non-hydrogen) atoms. The van der Waals surface area contributed by atoms with Gasteiger partial charge < -0.3 is 15.2 Å². The van der Waals surface area contributed by atoms with Gasteiger partial charge in [0.1, 0.15) is 11.8 Å². The van der Waals surface area contributed by atoms with Gasteiger partial charge in [-0.2, -0.15) is 5.26 Å². The summed E-state index contributed by atoms with van der Waals surface area (Å²) < 4.78 is 5.11. The second-order valence-electron chi connectivity index (χ2n) is 4.28. The van der Waals surface area contributed by atoms with Gasteiger partial charge in [0.15, 0.2) is 0 Å². The molecule has 1 aromatic carbocycles. The number of rotatable bonds is 7. The lowest BCUT2D eigenvalue weighted by atomic mass is 10.0. The molecule has 0 saturated carbocycles. The van der Waals surface area contributed by atoms with Gasteiger partial charge in [-0.25, -0.2) is 0 Å². The van der Waals surface area contributed by atoms with Crippen LogP contribution in [0.25, 0.3) is 0 Å². The van der Waals surface area contributed by atoms with Crippen LogP contribution in [0.15, 0.2) is 18.2 Å². The van der Waals surface area contributed by atoms with E-state index in [1.807, 2.05) is 6.92 Å². The fourth-order valence-electron chi connectivity index (χ4n) is 1.76.